The second kappa shape index (κ2) is 4.04. The molecule has 0 aromatic rings. The summed E-state index contributed by atoms with van der Waals surface area (Å²) in [6, 6.07) is 1.90. The van der Waals surface area contributed by atoms with Gasteiger partial charge >= 0.3 is 0 Å². The highest BCUT2D eigenvalue weighted by molar-refractivity contribution is 5.83. The highest BCUT2D eigenvalue weighted by Crippen LogP contribution is 1.91. The first-order chi connectivity index (χ1) is 4.16. The molecule has 3 N–H and O–H groups in total. The molecule has 0 aliphatic rings. The minimum atomic E-state index is 0.00542. The van der Waals surface area contributed by atoms with E-state index in [0.717, 1.165) is 0 Å². The van der Waals surface area contributed by atoms with Crippen molar-refractivity contribution in [1.29, 1.82) is 10.7 Å². The van der Waals surface area contributed by atoms with E-state index in [9.17, 15) is 0 Å². The molecule has 1 atom stereocenters. The fourth-order valence-corrected chi connectivity index (χ4v) is 0.556. The van der Waals surface area contributed by atoms with Crippen molar-refractivity contribution in [3.8, 4) is 6.07 Å². The second-order valence-electron chi connectivity index (χ2n) is 2.12. The molecule has 0 aliphatic carbocycles. The quantitative estimate of drug-likeness (QED) is 0.543. The molecular formula is C6H11N3. The van der Waals surface area contributed by atoms with E-state index in [1.807, 2.05) is 13.0 Å². The molecule has 0 saturated carbocycles. The molecular weight excluding hydrogens is 114 g/mol. The van der Waals surface area contributed by atoms with Crippen LogP contribution in [-0.2, 0) is 0 Å². The van der Waals surface area contributed by atoms with Gasteiger partial charge in [-0.15, -0.1) is 0 Å². The average Bonchev–Trinajstić information content (AvgIpc) is 1.63. The Morgan fingerprint density at radius 3 is 2.78 bits per heavy atom. The van der Waals surface area contributed by atoms with Gasteiger partial charge in [-0.25, -0.2) is 0 Å². The number of nitrogens with zero attached hydrogens (tertiary/aromatic N) is 1. The number of nitrogens with two attached hydrogens (primary N) is 1. The minimum Gasteiger partial charge on any atom is -0.328 e. The molecule has 50 valence electrons. The Hall–Kier alpha value is -0.880. The van der Waals surface area contributed by atoms with Gasteiger partial charge in [0.25, 0.3) is 0 Å². The summed E-state index contributed by atoms with van der Waals surface area (Å²) in [5, 5.41) is 15.2. The van der Waals surface area contributed by atoms with E-state index < -0.39 is 0 Å². The average molecular weight is 125 g/mol. The minimum absolute atomic E-state index is 0.00542. The van der Waals surface area contributed by atoms with E-state index in [2.05, 4.69) is 0 Å². The Bertz CT molecular complexity index is 132. The fraction of sp³-hybridized carbons (Fsp3) is 0.667. The SMILES string of the molecule is C[C@H](N)CC(=N)CC#N. The molecule has 0 fully saturated rings. The van der Waals surface area contributed by atoms with Gasteiger partial charge in [0.05, 0.1) is 12.5 Å². The first kappa shape index (κ1) is 8.12. The number of nitriles is 1. The predicted octanol–water partition coefficient (Wildman–Crippen LogP) is 0.657. The molecule has 0 aromatic carbocycles. The summed E-state index contributed by atoms with van der Waals surface area (Å²) in [5.74, 6) is 0. The van der Waals surface area contributed by atoms with Gasteiger partial charge in [0, 0.05) is 18.2 Å². The van der Waals surface area contributed by atoms with Crippen LogP contribution >= 0.6 is 0 Å². The van der Waals surface area contributed by atoms with Crippen LogP contribution in [0.25, 0.3) is 0 Å². The lowest BCUT2D eigenvalue weighted by atomic mass is 10.1. The third-order valence-electron chi connectivity index (χ3n) is 0.861. The van der Waals surface area contributed by atoms with Crippen LogP contribution in [0.3, 0.4) is 0 Å². The summed E-state index contributed by atoms with van der Waals surface area (Å²) in [4.78, 5) is 0. The largest absolute Gasteiger partial charge is 0.328 e. The Morgan fingerprint density at radius 2 is 2.44 bits per heavy atom. The van der Waals surface area contributed by atoms with Crippen LogP contribution in [0.5, 0.6) is 0 Å². The van der Waals surface area contributed by atoms with Gasteiger partial charge in [-0.05, 0) is 6.92 Å². The van der Waals surface area contributed by atoms with Gasteiger partial charge in [-0.2, -0.15) is 5.26 Å². The number of nitrogens with one attached hydrogen (secondary N) is 1. The lowest BCUT2D eigenvalue weighted by Crippen LogP contribution is -2.18. The van der Waals surface area contributed by atoms with Gasteiger partial charge < -0.3 is 11.1 Å². The Kier molecular flexibility index (Phi) is 3.65. The lowest BCUT2D eigenvalue weighted by Gasteiger charge is -2.01. The summed E-state index contributed by atoms with van der Waals surface area (Å²) in [5.41, 5.74) is 5.80. The van der Waals surface area contributed by atoms with Crippen molar-refractivity contribution >= 4 is 5.71 Å². The van der Waals surface area contributed by atoms with E-state index in [1.165, 1.54) is 0 Å². The highest BCUT2D eigenvalue weighted by atomic mass is 14.6. The number of rotatable bonds is 3. The number of hydrogen-bond acceptors (Lipinski definition) is 3. The zero-order valence-corrected chi connectivity index (χ0v) is 5.52. The van der Waals surface area contributed by atoms with Crippen LogP contribution < -0.4 is 5.73 Å². The van der Waals surface area contributed by atoms with Gasteiger partial charge in [-0.1, -0.05) is 0 Å². The molecule has 3 nitrogen and oxygen atoms in total. The van der Waals surface area contributed by atoms with Crippen molar-refractivity contribution in [2.24, 2.45) is 5.73 Å². The van der Waals surface area contributed by atoms with E-state index in [0.29, 0.717) is 12.1 Å². The number of hydrogen-bond donors (Lipinski definition) is 2. The topological polar surface area (TPSA) is 73.7 Å². The summed E-state index contributed by atoms with van der Waals surface area (Å²) in [6.45, 7) is 1.83. The zero-order valence-electron chi connectivity index (χ0n) is 5.52. The second-order valence-corrected chi connectivity index (χ2v) is 2.12. The standard InChI is InChI=1S/C6H11N3/c1-5(8)4-6(9)2-3-7/h5,9H,2,4,8H2,1H3/t5-/m0/s1. The van der Waals surface area contributed by atoms with Crippen molar-refractivity contribution in [3.05, 3.63) is 0 Å². The molecule has 0 bridgehead atoms. The Labute approximate surface area is 55.0 Å². The van der Waals surface area contributed by atoms with Crippen molar-refractivity contribution in [2.45, 2.75) is 25.8 Å². The first-order valence-electron chi connectivity index (χ1n) is 2.85. The van der Waals surface area contributed by atoms with Gasteiger partial charge in [0.15, 0.2) is 0 Å². The maximum absolute atomic E-state index is 8.12. The normalized spacial score (nSPS) is 12.1. The maximum Gasteiger partial charge on any atom is 0.0728 e. The van der Waals surface area contributed by atoms with Crippen LogP contribution in [0.1, 0.15) is 19.8 Å². The molecule has 0 radical (unpaired) electrons. The van der Waals surface area contributed by atoms with Crippen molar-refractivity contribution in [1.82, 2.24) is 0 Å². The monoisotopic (exact) mass is 125 g/mol. The summed E-state index contributed by atoms with van der Waals surface area (Å²) >= 11 is 0. The molecule has 0 saturated heterocycles. The van der Waals surface area contributed by atoms with Crippen molar-refractivity contribution in [2.75, 3.05) is 0 Å². The molecule has 0 rings (SSSR count). The molecule has 0 aliphatic heterocycles. The van der Waals surface area contributed by atoms with E-state index in [1.54, 1.807) is 0 Å². The Balaban J connectivity index is 3.42. The zero-order chi connectivity index (χ0) is 7.28. The lowest BCUT2D eigenvalue weighted by molar-refractivity contribution is 0.771. The third-order valence-corrected chi connectivity index (χ3v) is 0.861. The van der Waals surface area contributed by atoms with Crippen LogP contribution in [-0.4, -0.2) is 11.8 Å². The summed E-state index contributed by atoms with van der Waals surface area (Å²) in [7, 11) is 0. The van der Waals surface area contributed by atoms with E-state index in [-0.39, 0.29) is 12.5 Å². The fourth-order valence-electron chi connectivity index (χ4n) is 0.556. The summed E-state index contributed by atoms with van der Waals surface area (Å²) in [6.07, 6.45) is 0.745. The van der Waals surface area contributed by atoms with E-state index >= 15 is 0 Å². The molecule has 0 heterocycles. The molecule has 9 heavy (non-hydrogen) atoms. The molecule has 3 heteroatoms. The van der Waals surface area contributed by atoms with Crippen LogP contribution in [0.2, 0.25) is 0 Å². The molecule has 0 amide bonds. The van der Waals surface area contributed by atoms with Gasteiger partial charge in [0.1, 0.15) is 0 Å². The van der Waals surface area contributed by atoms with Gasteiger partial charge in [-0.3, -0.25) is 0 Å². The van der Waals surface area contributed by atoms with Crippen LogP contribution in [0.4, 0.5) is 0 Å². The molecule has 0 aromatic heterocycles. The third kappa shape index (κ3) is 4.98. The van der Waals surface area contributed by atoms with Crippen molar-refractivity contribution in [3.63, 3.8) is 0 Å². The van der Waals surface area contributed by atoms with Crippen molar-refractivity contribution < 1.29 is 0 Å². The first-order valence-corrected chi connectivity index (χ1v) is 2.85. The smallest absolute Gasteiger partial charge is 0.0728 e. The van der Waals surface area contributed by atoms with E-state index in [4.69, 9.17) is 16.4 Å². The maximum atomic E-state index is 8.12. The van der Waals surface area contributed by atoms with Crippen LogP contribution in [0.15, 0.2) is 0 Å². The molecule has 0 unspecified atom stereocenters. The summed E-state index contributed by atoms with van der Waals surface area (Å²) < 4.78 is 0. The Morgan fingerprint density at radius 1 is 1.89 bits per heavy atom. The van der Waals surface area contributed by atoms with Gasteiger partial charge in [0.2, 0.25) is 0 Å². The highest BCUT2D eigenvalue weighted by Gasteiger charge is 1.98. The van der Waals surface area contributed by atoms with Crippen LogP contribution in [0, 0.1) is 16.7 Å². The molecule has 0 spiro atoms. The predicted molar refractivity (Wildman–Crippen MR) is 36.2 cm³/mol.